The van der Waals surface area contributed by atoms with Crippen molar-refractivity contribution in [3.05, 3.63) is 65.7 Å². The summed E-state index contributed by atoms with van der Waals surface area (Å²) in [5.74, 6) is 3.78. The number of phenolic OH excluding ortho intramolecular Hbond substituents is 1. The van der Waals surface area contributed by atoms with E-state index in [-0.39, 0.29) is 18.8 Å². The molecule has 1 amide bonds. The Morgan fingerprint density at radius 2 is 1.59 bits per heavy atom. The summed E-state index contributed by atoms with van der Waals surface area (Å²) in [5, 5.41) is 12.4. The van der Waals surface area contributed by atoms with Gasteiger partial charge < -0.3 is 19.9 Å². The molecule has 6 nitrogen and oxygen atoms in total. The number of benzene rings is 2. The summed E-state index contributed by atoms with van der Waals surface area (Å²) >= 11 is 0. The number of phenols is 1. The second kappa shape index (κ2) is 13.0. The van der Waals surface area contributed by atoms with Gasteiger partial charge in [-0.25, -0.2) is 19.6 Å². The summed E-state index contributed by atoms with van der Waals surface area (Å²) in [5.41, 5.74) is 1.57. The Hall–Kier alpha value is -2.67. The van der Waals surface area contributed by atoms with Crippen molar-refractivity contribution in [1.82, 2.24) is 5.32 Å². The van der Waals surface area contributed by atoms with Crippen LogP contribution < -0.4 is 5.32 Å². The maximum Gasteiger partial charge on any atom is 0.408 e. The quantitative estimate of drug-likeness (QED) is 0.450. The number of amides is 1. The zero-order valence-electron chi connectivity index (χ0n) is 19.2. The van der Waals surface area contributed by atoms with E-state index in [1.807, 2.05) is 30.3 Å². The van der Waals surface area contributed by atoms with Crippen molar-refractivity contribution in [1.29, 1.82) is 0 Å². The fourth-order valence-corrected chi connectivity index (χ4v) is 6.01. The zero-order chi connectivity index (χ0) is 23.4. The van der Waals surface area contributed by atoms with Crippen molar-refractivity contribution in [2.24, 2.45) is 0 Å². The molecule has 32 heavy (non-hydrogen) atoms. The Kier molecular flexibility index (Phi) is 10.4. The lowest BCUT2D eigenvalue weighted by atomic mass is 10.1. The van der Waals surface area contributed by atoms with E-state index < -0.39 is 28.1 Å². The number of carbonyl (C=O) groups is 2. The minimum absolute atomic E-state index is 0.100. The van der Waals surface area contributed by atoms with Gasteiger partial charge in [-0.15, -0.1) is 0 Å². The minimum atomic E-state index is -0.908. The molecule has 0 aliphatic heterocycles. The smallest absolute Gasteiger partial charge is 0.408 e. The number of carbonyl (C=O) groups excluding carboxylic acids is 2. The molecule has 0 saturated carbocycles. The Labute approximate surface area is 192 Å². The summed E-state index contributed by atoms with van der Waals surface area (Å²) < 4.78 is 10.9. The van der Waals surface area contributed by atoms with Crippen LogP contribution in [0, 0.1) is 0 Å². The normalized spacial score (nSPS) is 12.6. The third-order valence-corrected chi connectivity index (χ3v) is 10.4. The third kappa shape index (κ3) is 8.11. The second-order valence-corrected chi connectivity index (χ2v) is 12.2. The Morgan fingerprint density at radius 1 is 0.938 bits per heavy atom. The summed E-state index contributed by atoms with van der Waals surface area (Å²) in [6.45, 7) is 7.02. The molecule has 0 spiro atoms. The molecule has 2 rings (SSSR count). The standard InChI is InChI=1S/C25H35NO5S/c1-4-32(5-2,6-3)16-15-30-24(28)23(18-21-13-10-14-22(27)17-21)26-25(29)31-19-20-11-8-7-9-12-20/h7-14,17,23,27H,4-6,15-16,18-19H2,1-3H3,(H,26,29)/t23-/m0/s1. The Morgan fingerprint density at radius 3 is 2.22 bits per heavy atom. The van der Waals surface area contributed by atoms with E-state index in [4.69, 9.17) is 9.47 Å². The van der Waals surface area contributed by atoms with Gasteiger partial charge in [0.25, 0.3) is 0 Å². The molecule has 0 aliphatic carbocycles. The van der Waals surface area contributed by atoms with Crippen LogP contribution in [0.3, 0.4) is 0 Å². The molecule has 7 heteroatoms. The van der Waals surface area contributed by atoms with Gasteiger partial charge in [0.1, 0.15) is 18.4 Å². The molecule has 0 aliphatic rings. The fourth-order valence-electron chi connectivity index (χ4n) is 3.48. The first-order chi connectivity index (χ1) is 15.4. The largest absolute Gasteiger partial charge is 0.508 e. The third-order valence-electron chi connectivity index (χ3n) is 5.74. The van der Waals surface area contributed by atoms with Gasteiger partial charge in [0.05, 0.1) is 6.61 Å². The van der Waals surface area contributed by atoms with Crippen molar-refractivity contribution < 1.29 is 24.2 Å². The van der Waals surface area contributed by atoms with Crippen LogP contribution in [-0.4, -0.2) is 52.8 Å². The SMILES string of the molecule is CCS(CC)(CC)CCOC(=O)[C@H](Cc1cccc(O)c1)NC(=O)OCc1ccccc1. The first-order valence-corrected chi connectivity index (χ1v) is 13.4. The number of hydrogen-bond acceptors (Lipinski definition) is 5. The molecule has 0 fully saturated rings. The average Bonchev–Trinajstić information content (AvgIpc) is 2.81. The number of rotatable bonds is 12. The van der Waals surface area contributed by atoms with E-state index in [0.29, 0.717) is 12.2 Å². The van der Waals surface area contributed by atoms with Crippen LogP contribution in [0.1, 0.15) is 31.9 Å². The van der Waals surface area contributed by atoms with Gasteiger partial charge in [-0.3, -0.25) is 0 Å². The van der Waals surface area contributed by atoms with Crippen LogP contribution in [0.25, 0.3) is 0 Å². The fraction of sp³-hybridized carbons (Fsp3) is 0.440. The van der Waals surface area contributed by atoms with E-state index in [1.165, 1.54) is 0 Å². The van der Waals surface area contributed by atoms with Gasteiger partial charge in [-0.1, -0.05) is 63.2 Å². The molecule has 0 saturated heterocycles. The van der Waals surface area contributed by atoms with E-state index in [1.54, 1.807) is 24.3 Å². The van der Waals surface area contributed by atoms with Gasteiger partial charge in [0, 0.05) is 12.2 Å². The highest BCUT2D eigenvalue weighted by atomic mass is 32.3. The topological polar surface area (TPSA) is 84.9 Å². The molecule has 2 N–H and O–H groups in total. The number of nitrogens with one attached hydrogen (secondary N) is 1. The predicted octanol–water partition coefficient (Wildman–Crippen LogP) is 4.64. The summed E-state index contributed by atoms with van der Waals surface area (Å²) in [7, 11) is -0.781. The van der Waals surface area contributed by atoms with Gasteiger partial charge in [-0.05, 0) is 40.5 Å². The van der Waals surface area contributed by atoms with Crippen molar-refractivity contribution in [2.45, 2.75) is 39.8 Å². The van der Waals surface area contributed by atoms with Crippen LogP contribution in [-0.2, 0) is 27.3 Å². The molecule has 2 aromatic carbocycles. The van der Waals surface area contributed by atoms with Crippen LogP contribution in [0.2, 0.25) is 0 Å². The molecule has 2 aromatic rings. The summed E-state index contributed by atoms with van der Waals surface area (Å²) in [4.78, 5) is 25.2. The van der Waals surface area contributed by atoms with Crippen LogP contribution in [0.15, 0.2) is 54.6 Å². The molecular formula is C25H35NO5S. The lowest BCUT2D eigenvalue weighted by molar-refractivity contribution is -0.145. The van der Waals surface area contributed by atoms with Gasteiger partial charge >= 0.3 is 12.1 Å². The average molecular weight is 462 g/mol. The molecule has 0 unspecified atom stereocenters. The van der Waals surface area contributed by atoms with E-state index in [9.17, 15) is 14.7 Å². The highest BCUT2D eigenvalue weighted by Gasteiger charge is 2.25. The summed E-state index contributed by atoms with van der Waals surface area (Å²) in [6, 6.07) is 15.0. The van der Waals surface area contributed by atoms with Crippen LogP contribution in [0.4, 0.5) is 4.79 Å². The number of esters is 1. The molecular weight excluding hydrogens is 426 g/mol. The molecule has 1 atom stereocenters. The summed E-state index contributed by atoms with van der Waals surface area (Å²) in [6.07, 6.45) is -0.493. The second-order valence-electron chi connectivity index (χ2n) is 7.60. The maximum atomic E-state index is 12.8. The Bertz CT molecular complexity index is 846. The lowest BCUT2D eigenvalue weighted by Gasteiger charge is -2.37. The first kappa shape index (κ1) is 25.6. The van der Waals surface area contributed by atoms with E-state index >= 15 is 0 Å². The highest BCUT2D eigenvalue weighted by Crippen LogP contribution is 2.46. The van der Waals surface area contributed by atoms with Crippen molar-refractivity contribution in [2.75, 3.05) is 29.6 Å². The number of aromatic hydroxyl groups is 1. The number of alkyl carbamates (subject to hydrolysis) is 1. The molecule has 0 bridgehead atoms. The lowest BCUT2D eigenvalue weighted by Crippen LogP contribution is -2.44. The van der Waals surface area contributed by atoms with Gasteiger partial charge in [0.2, 0.25) is 0 Å². The number of ether oxygens (including phenoxy) is 2. The minimum Gasteiger partial charge on any atom is -0.508 e. The number of hydrogen-bond donors (Lipinski definition) is 2. The molecule has 176 valence electrons. The zero-order valence-corrected chi connectivity index (χ0v) is 20.0. The van der Waals surface area contributed by atoms with Gasteiger partial charge in [-0.2, -0.15) is 0 Å². The highest BCUT2D eigenvalue weighted by molar-refractivity contribution is 8.33. The van der Waals surface area contributed by atoms with E-state index in [2.05, 4.69) is 26.1 Å². The van der Waals surface area contributed by atoms with E-state index in [0.717, 1.165) is 28.6 Å². The molecule has 0 aromatic heterocycles. The van der Waals surface area contributed by atoms with Crippen molar-refractivity contribution in [3.63, 3.8) is 0 Å². The molecule has 0 heterocycles. The van der Waals surface area contributed by atoms with Crippen LogP contribution in [0.5, 0.6) is 5.75 Å². The van der Waals surface area contributed by atoms with Gasteiger partial charge in [0.15, 0.2) is 0 Å². The van der Waals surface area contributed by atoms with Crippen molar-refractivity contribution in [3.8, 4) is 5.75 Å². The van der Waals surface area contributed by atoms with Crippen molar-refractivity contribution >= 4 is 22.1 Å². The maximum absolute atomic E-state index is 12.8. The Balaban J connectivity index is 2.00. The molecule has 0 radical (unpaired) electrons. The van der Waals surface area contributed by atoms with Crippen LogP contribution >= 0.6 is 10.0 Å². The monoisotopic (exact) mass is 461 g/mol. The predicted molar refractivity (Wildman–Crippen MR) is 130 cm³/mol. The first-order valence-electron chi connectivity index (χ1n) is 11.1.